The van der Waals surface area contributed by atoms with Crippen LogP contribution in [0.4, 0.5) is 0 Å². The Balaban J connectivity index is 0.00000180. The number of nitrogens with one attached hydrogen (secondary N) is 2. The molecule has 0 aliphatic carbocycles. The summed E-state index contributed by atoms with van der Waals surface area (Å²) in [6.45, 7) is 2.31. The maximum absolute atomic E-state index is 11.7. The van der Waals surface area contributed by atoms with Crippen molar-refractivity contribution in [2.24, 2.45) is 0 Å². The predicted octanol–water partition coefficient (Wildman–Crippen LogP) is 0.698. The summed E-state index contributed by atoms with van der Waals surface area (Å²) in [5.74, 6) is -0.0627. The molecular formula is C12H19ClN2O3S. The van der Waals surface area contributed by atoms with Gasteiger partial charge in [-0.15, -0.1) is 12.4 Å². The van der Waals surface area contributed by atoms with Crippen molar-refractivity contribution >= 4 is 29.7 Å². The molecule has 2 unspecified atom stereocenters. The van der Waals surface area contributed by atoms with Crippen LogP contribution >= 0.6 is 23.7 Å². The molecule has 108 valence electrons. The third-order valence-electron chi connectivity index (χ3n) is 2.85. The molecule has 19 heavy (non-hydrogen) atoms. The Bertz CT molecular complexity index is 369. The molecule has 0 saturated carbocycles. The van der Waals surface area contributed by atoms with E-state index in [0.717, 1.165) is 12.1 Å². The third kappa shape index (κ3) is 5.46. The number of rotatable bonds is 5. The fraction of sp³-hybridized carbons (Fsp3) is 0.583. The van der Waals surface area contributed by atoms with E-state index >= 15 is 0 Å². The van der Waals surface area contributed by atoms with Crippen LogP contribution in [0.3, 0.4) is 0 Å². The van der Waals surface area contributed by atoms with Crippen LogP contribution in [0, 0.1) is 0 Å². The third-order valence-corrected chi connectivity index (χ3v) is 3.55. The number of thiophene rings is 1. The molecule has 2 heterocycles. The number of carbonyl (C=O) groups is 1. The van der Waals surface area contributed by atoms with Crippen LogP contribution in [-0.2, 0) is 9.53 Å². The summed E-state index contributed by atoms with van der Waals surface area (Å²) in [4.78, 5) is 11.7. The number of ether oxygens (including phenoxy) is 1. The SMILES string of the molecule is Cl.O=C(CC1COCCN1)NCC(O)c1ccsc1. The summed E-state index contributed by atoms with van der Waals surface area (Å²) in [5, 5.41) is 19.6. The molecule has 7 heteroatoms. The van der Waals surface area contributed by atoms with Crippen molar-refractivity contribution < 1.29 is 14.6 Å². The molecular weight excluding hydrogens is 288 g/mol. The van der Waals surface area contributed by atoms with Crippen molar-refractivity contribution in [3.05, 3.63) is 22.4 Å². The maximum Gasteiger partial charge on any atom is 0.221 e. The summed E-state index contributed by atoms with van der Waals surface area (Å²) < 4.78 is 5.28. The second kappa shape index (κ2) is 8.50. The van der Waals surface area contributed by atoms with Crippen molar-refractivity contribution in [1.82, 2.24) is 10.6 Å². The van der Waals surface area contributed by atoms with Crippen molar-refractivity contribution in [1.29, 1.82) is 0 Å². The van der Waals surface area contributed by atoms with Crippen LogP contribution in [0.25, 0.3) is 0 Å². The Labute approximate surface area is 122 Å². The summed E-state index contributed by atoms with van der Waals surface area (Å²) >= 11 is 1.53. The van der Waals surface area contributed by atoms with E-state index in [9.17, 15) is 9.90 Å². The first kappa shape index (κ1) is 16.4. The molecule has 0 aromatic carbocycles. The van der Waals surface area contributed by atoms with Crippen LogP contribution in [0.15, 0.2) is 16.8 Å². The molecule has 1 aromatic heterocycles. The minimum absolute atomic E-state index is 0. The maximum atomic E-state index is 11.7. The van der Waals surface area contributed by atoms with E-state index in [1.54, 1.807) is 0 Å². The van der Waals surface area contributed by atoms with Gasteiger partial charge in [0.15, 0.2) is 0 Å². The lowest BCUT2D eigenvalue weighted by Gasteiger charge is -2.23. The highest BCUT2D eigenvalue weighted by atomic mass is 35.5. The Morgan fingerprint density at radius 2 is 2.53 bits per heavy atom. The first-order chi connectivity index (χ1) is 8.75. The highest BCUT2D eigenvalue weighted by molar-refractivity contribution is 7.07. The van der Waals surface area contributed by atoms with E-state index in [2.05, 4.69) is 10.6 Å². The topological polar surface area (TPSA) is 70.6 Å². The lowest BCUT2D eigenvalue weighted by Crippen LogP contribution is -2.44. The lowest BCUT2D eigenvalue weighted by atomic mass is 10.1. The van der Waals surface area contributed by atoms with Gasteiger partial charge < -0.3 is 20.5 Å². The molecule has 1 fully saturated rings. The fourth-order valence-corrected chi connectivity index (χ4v) is 2.55. The van der Waals surface area contributed by atoms with Gasteiger partial charge in [0.05, 0.1) is 19.3 Å². The average Bonchev–Trinajstić information content (AvgIpc) is 2.91. The number of aliphatic hydroxyl groups excluding tert-OH is 1. The molecule has 1 aromatic rings. The standard InChI is InChI=1S/C12H18N2O3S.ClH/c15-11(9-1-4-18-8-9)6-14-12(16)5-10-7-17-3-2-13-10;/h1,4,8,10-11,13,15H,2-3,5-7H2,(H,14,16);1H. The molecule has 2 rings (SSSR count). The monoisotopic (exact) mass is 306 g/mol. The molecule has 0 spiro atoms. The first-order valence-corrected chi connectivity index (χ1v) is 6.98. The van der Waals surface area contributed by atoms with Gasteiger partial charge in [-0.25, -0.2) is 0 Å². The van der Waals surface area contributed by atoms with Gasteiger partial charge in [-0.1, -0.05) is 0 Å². The summed E-state index contributed by atoms with van der Waals surface area (Å²) in [5.41, 5.74) is 0.847. The van der Waals surface area contributed by atoms with Crippen molar-refractivity contribution in [2.75, 3.05) is 26.3 Å². The van der Waals surface area contributed by atoms with Gasteiger partial charge in [-0.05, 0) is 22.4 Å². The van der Waals surface area contributed by atoms with Crippen molar-refractivity contribution in [3.63, 3.8) is 0 Å². The van der Waals surface area contributed by atoms with Crippen LogP contribution < -0.4 is 10.6 Å². The van der Waals surface area contributed by atoms with E-state index in [4.69, 9.17) is 4.74 Å². The number of halogens is 1. The first-order valence-electron chi connectivity index (χ1n) is 6.03. The number of carbonyl (C=O) groups excluding carboxylic acids is 1. The van der Waals surface area contributed by atoms with Gasteiger partial charge in [0.1, 0.15) is 0 Å². The highest BCUT2D eigenvalue weighted by Crippen LogP contribution is 2.15. The Morgan fingerprint density at radius 3 is 3.16 bits per heavy atom. The van der Waals surface area contributed by atoms with Crippen LogP contribution in [-0.4, -0.2) is 43.4 Å². The molecule has 0 bridgehead atoms. The van der Waals surface area contributed by atoms with E-state index in [0.29, 0.717) is 19.6 Å². The van der Waals surface area contributed by atoms with E-state index < -0.39 is 6.10 Å². The zero-order valence-corrected chi connectivity index (χ0v) is 12.1. The molecule has 1 aliphatic heterocycles. The number of hydrogen-bond acceptors (Lipinski definition) is 5. The van der Waals surface area contributed by atoms with Crippen LogP contribution in [0.2, 0.25) is 0 Å². The van der Waals surface area contributed by atoms with Crippen LogP contribution in [0.5, 0.6) is 0 Å². The molecule has 5 nitrogen and oxygen atoms in total. The van der Waals surface area contributed by atoms with Crippen molar-refractivity contribution in [2.45, 2.75) is 18.6 Å². The van der Waals surface area contributed by atoms with Gasteiger partial charge in [0.25, 0.3) is 0 Å². The quantitative estimate of drug-likeness (QED) is 0.749. The summed E-state index contributed by atoms with van der Waals surface area (Å²) in [6, 6.07) is 1.94. The fourth-order valence-electron chi connectivity index (χ4n) is 1.84. The number of hydrogen-bond donors (Lipinski definition) is 3. The number of amides is 1. The molecule has 1 saturated heterocycles. The zero-order chi connectivity index (χ0) is 12.8. The van der Waals surface area contributed by atoms with Crippen molar-refractivity contribution in [3.8, 4) is 0 Å². The molecule has 3 N–H and O–H groups in total. The minimum Gasteiger partial charge on any atom is -0.387 e. The van der Waals surface area contributed by atoms with E-state index in [-0.39, 0.29) is 30.9 Å². The van der Waals surface area contributed by atoms with Gasteiger partial charge in [0, 0.05) is 25.6 Å². The largest absolute Gasteiger partial charge is 0.387 e. The van der Waals surface area contributed by atoms with E-state index in [1.165, 1.54) is 11.3 Å². The molecule has 1 aliphatic rings. The molecule has 1 amide bonds. The Kier molecular flexibility index (Phi) is 7.33. The minimum atomic E-state index is -0.629. The summed E-state index contributed by atoms with van der Waals surface area (Å²) in [6.07, 6.45) is -0.244. The second-order valence-corrected chi connectivity index (χ2v) is 5.09. The van der Waals surface area contributed by atoms with Crippen LogP contribution in [0.1, 0.15) is 18.1 Å². The summed E-state index contributed by atoms with van der Waals surface area (Å²) in [7, 11) is 0. The Morgan fingerprint density at radius 1 is 1.68 bits per heavy atom. The second-order valence-electron chi connectivity index (χ2n) is 4.31. The van der Waals surface area contributed by atoms with Gasteiger partial charge in [-0.3, -0.25) is 4.79 Å². The zero-order valence-electron chi connectivity index (χ0n) is 10.5. The lowest BCUT2D eigenvalue weighted by molar-refractivity contribution is -0.122. The Hall–Kier alpha value is -0.660. The average molecular weight is 307 g/mol. The van der Waals surface area contributed by atoms with E-state index in [1.807, 2.05) is 16.8 Å². The normalized spacial score (nSPS) is 20.4. The smallest absolute Gasteiger partial charge is 0.221 e. The number of morpholine rings is 1. The van der Waals surface area contributed by atoms with Gasteiger partial charge in [-0.2, -0.15) is 11.3 Å². The van der Waals surface area contributed by atoms with Gasteiger partial charge >= 0.3 is 0 Å². The highest BCUT2D eigenvalue weighted by Gasteiger charge is 2.17. The predicted molar refractivity (Wildman–Crippen MR) is 76.8 cm³/mol. The number of aliphatic hydroxyl groups is 1. The van der Waals surface area contributed by atoms with Gasteiger partial charge in [0.2, 0.25) is 5.91 Å². The molecule has 2 atom stereocenters. The molecule has 0 radical (unpaired) electrons.